The highest BCUT2D eigenvalue weighted by Gasteiger charge is 2.36. The average Bonchev–Trinajstić information content (AvgIpc) is 2.82. The maximum atomic E-state index is 13.5. The molecule has 2 N–H and O–H groups in total. The van der Waals surface area contributed by atoms with E-state index in [0.29, 0.717) is 0 Å². The molecular formula is C13H11F3N4O. The van der Waals surface area contributed by atoms with Crippen LogP contribution >= 0.6 is 0 Å². The Morgan fingerprint density at radius 2 is 1.95 bits per heavy atom. The van der Waals surface area contributed by atoms with Crippen molar-refractivity contribution >= 4 is 22.8 Å². The molecule has 0 bridgehead atoms. The quantitative estimate of drug-likeness (QED) is 0.907. The molecule has 0 aliphatic carbocycles. The Bertz CT molecular complexity index is 724. The number of carbonyl (C=O) groups is 1. The number of rotatable bonds is 2. The van der Waals surface area contributed by atoms with Gasteiger partial charge in [0.1, 0.15) is 18.0 Å². The van der Waals surface area contributed by atoms with Crippen LogP contribution in [0, 0.1) is 11.6 Å². The molecule has 0 spiro atoms. The Balaban J connectivity index is 2.04. The average molecular weight is 296 g/mol. The fraction of sp³-hybridized carbons (Fsp3) is 0.308. The van der Waals surface area contributed by atoms with Crippen LogP contribution in [-0.2, 0) is 4.79 Å². The minimum absolute atomic E-state index is 0.0210. The number of alkyl halides is 1. The molecule has 0 unspecified atom stereocenters. The number of aromatic nitrogens is 2. The van der Waals surface area contributed by atoms with Crippen LogP contribution in [0.25, 0.3) is 11.0 Å². The number of carbonyl (C=O) groups excluding carboxylic acids is 1. The van der Waals surface area contributed by atoms with E-state index in [9.17, 15) is 18.0 Å². The molecule has 2 aromatic rings. The molecule has 1 fully saturated rings. The second-order valence-corrected chi connectivity index (χ2v) is 4.89. The number of hydrogen-bond acceptors (Lipinski definition) is 4. The van der Waals surface area contributed by atoms with E-state index in [4.69, 9.17) is 5.73 Å². The number of amides is 1. The monoisotopic (exact) mass is 296 g/mol. The van der Waals surface area contributed by atoms with Gasteiger partial charge in [0.25, 0.3) is 0 Å². The number of hydrogen-bond donors (Lipinski definition) is 1. The molecule has 2 heterocycles. The third-order valence-electron chi connectivity index (χ3n) is 3.44. The highest BCUT2D eigenvalue weighted by molar-refractivity contribution is 5.84. The molecule has 1 saturated heterocycles. The van der Waals surface area contributed by atoms with Crippen molar-refractivity contribution < 1.29 is 18.0 Å². The van der Waals surface area contributed by atoms with Gasteiger partial charge in [-0.2, -0.15) is 0 Å². The molecular weight excluding hydrogens is 285 g/mol. The number of nitrogens with two attached hydrogens (primary N) is 1. The van der Waals surface area contributed by atoms with E-state index in [1.54, 1.807) is 0 Å². The van der Waals surface area contributed by atoms with E-state index < -0.39 is 29.8 Å². The van der Waals surface area contributed by atoms with Crippen molar-refractivity contribution in [1.29, 1.82) is 0 Å². The highest BCUT2D eigenvalue weighted by atomic mass is 19.2. The van der Waals surface area contributed by atoms with Crippen LogP contribution < -0.4 is 10.6 Å². The summed E-state index contributed by atoms with van der Waals surface area (Å²) in [7, 11) is 0. The number of anilines is 1. The van der Waals surface area contributed by atoms with Gasteiger partial charge in [-0.1, -0.05) is 0 Å². The Kier molecular flexibility index (Phi) is 3.15. The third-order valence-corrected chi connectivity index (χ3v) is 3.44. The summed E-state index contributed by atoms with van der Waals surface area (Å²) in [4.78, 5) is 20.8. The van der Waals surface area contributed by atoms with Gasteiger partial charge in [0, 0.05) is 18.6 Å². The predicted molar refractivity (Wildman–Crippen MR) is 69.3 cm³/mol. The Hall–Kier alpha value is -2.38. The van der Waals surface area contributed by atoms with Gasteiger partial charge < -0.3 is 10.6 Å². The minimum atomic E-state index is -1.20. The lowest BCUT2D eigenvalue weighted by Gasteiger charge is -2.22. The van der Waals surface area contributed by atoms with Crippen molar-refractivity contribution in [3.05, 3.63) is 30.0 Å². The molecule has 0 saturated carbocycles. The fourth-order valence-corrected chi connectivity index (χ4v) is 2.44. The number of halogens is 3. The van der Waals surface area contributed by atoms with Crippen LogP contribution in [0.2, 0.25) is 0 Å². The first-order valence-corrected chi connectivity index (χ1v) is 6.27. The predicted octanol–water partition coefficient (Wildman–Crippen LogP) is 1.31. The maximum Gasteiger partial charge on any atom is 0.240 e. The first-order valence-electron chi connectivity index (χ1n) is 6.27. The zero-order valence-electron chi connectivity index (χ0n) is 10.8. The summed E-state index contributed by atoms with van der Waals surface area (Å²) >= 11 is 0. The first kappa shape index (κ1) is 13.6. The van der Waals surface area contributed by atoms with Crippen molar-refractivity contribution in [2.45, 2.75) is 18.6 Å². The lowest BCUT2D eigenvalue weighted by atomic mass is 10.2. The molecule has 1 aromatic heterocycles. The van der Waals surface area contributed by atoms with Crippen LogP contribution in [0.5, 0.6) is 0 Å². The fourth-order valence-electron chi connectivity index (χ4n) is 2.44. The third kappa shape index (κ3) is 2.37. The Morgan fingerprint density at radius 3 is 2.62 bits per heavy atom. The molecule has 5 nitrogen and oxygen atoms in total. The van der Waals surface area contributed by atoms with Gasteiger partial charge in [0.05, 0.1) is 23.8 Å². The standard InChI is InChI=1S/C13H11F3N4O/c14-6-1-11(13(17)21)20(5-6)12-4-18-9-2-7(15)8(16)3-10(9)19-12/h2-4,6,11H,1,5H2,(H2,17,21)/t6-,11+/m1/s1. The van der Waals surface area contributed by atoms with Crippen molar-refractivity contribution in [3.63, 3.8) is 0 Å². The van der Waals surface area contributed by atoms with Crippen molar-refractivity contribution in [2.24, 2.45) is 5.73 Å². The van der Waals surface area contributed by atoms with E-state index >= 15 is 0 Å². The number of nitrogens with zero attached hydrogens (tertiary/aromatic N) is 3. The number of primary amides is 1. The molecule has 1 aliphatic rings. The zero-order valence-corrected chi connectivity index (χ0v) is 10.8. The molecule has 1 amide bonds. The summed E-state index contributed by atoms with van der Waals surface area (Å²) in [6.07, 6.45) is 0.0606. The summed E-state index contributed by atoms with van der Waals surface area (Å²) < 4.78 is 39.8. The van der Waals surface area contributed by atoms with Crippen molar-refractivity contribution in [1.82, 2.24) is 9.97 Å². The second-order valence-electron chi connectivity index (χ2n) is 4.89. The van der Waals surface area contributed by atoms with Gasteiger partial charge in [-0.15, -0.1) is 0 Å². The number of benzene rings is 1. The molecule has 2 atom stereocenters. The molecule has 8 heteroatoms. The second kappa shape index (κ2) is 4.87. The summed E-state index contributed by atoms with van der Waals surface area (Å²) in [6, 6.07) is 1.01. The van der Waals surface area contributed by atoms with Crippen LogP contribution in [0.1, 0.15) is 6.42 Å². The Morgan fingerprint density at radius 1 is 1.29 bits per heavy atom. The maximum absolute atomic E-state index is 13.5. The smallest absolute Gasteiger partial charge is 0.240 e. The minimum Gasteiger partial charge on any atom is -0.368 e. The summed E-state index contributed by atoms with van der Waals surface area (Å²) in [5.74, 6) is -2.53. The van der Waals surface area contributed by atoms with Crippen LogP contribution in [0.15, 0.2) is 18.3 Å². The van der Waals surface area contributed by atoms with E-state index in [0.717, 1.165) is 12.1 Å². The van der Waals surface area contributed by atoms with Gasteiger partial charge in [-0.25, -0.2) is 18.2 Å². The van der Waals surface area contributed by atoms with Gasteiger partial charge in [0.15, 0.2) is 11.6 Å². The Labute approximate surface area is 117 Å². The molecule has 1 aromatic carbocycles. The first-order chi connectivity index (χ1) is 9.95. The molecule has 1 aliphatic heterocycles. The zero-order chi connectivity index (χ0) is 15.1. The lowest BCUT2D eigenvalue weighted by Crippen LogP contribution is -2.40. The van der Waals surface area contributed by atoms with Crippen LogP contribution in [0.4, 0.5) is 19.0 Å². The van der Waals surface area contributed by atoms with E-state index in [-0.39, 0.29) is 29.8 Å². The van der Waals surface area contributed by atoms with Gasteiger partial charge >= 0.3 is 0 Å². The molecule has 0 radical (unpaired) electrons. The van der Waals surface area contributed by atoms with E-state index in [1.165, 1.54) is 11.1 Å². The summed E-state index contributed by atoms with van der Waals surface area (Å²) in [5, 5.41) is 0. The SMILES string of the molecule is NC(=O)[C@@H]1C[C@@H](F)CN1c1cnc2cc(F)c(F)cc2n1. The largest absolute Gasteiger partial charge is 0.368 e. The van der Waals surface area contributed by atoms with Crippen molar-refractivity contribution in [2.75, 3.05) is 11.4 Å². The normalized spacial score (nSPS) is 22.0. The van der Waals surface area contributed by atoms with Crippen LogP contribution in [-0.4, -0.2) is 34.6 Å². The summed E-state index contributed by atoms with van der Waals surface area (Å²) in [6.45, 7) is -0.0442. The molecule has 3 rings (SSSR count). The highest BCUT2D eigenvalue weighted by Crippen LogP contribution is 2.27. The van der Waals surface area contributed by atoms with E-state index in [1.807, 2.05) is 0 Å². The van der Waals surface area contributed by atoms with E-state index in [2.05, 4.69) is 9.97 Å². The van der Waals surface area contributed by atoms with Gasteiger partial charge in [-0.3, -0.25) is 9.78 Å². The molecule has 110 valence electrons. The molecule has 21 heavy (non-hydrogen) atoms. The topological polar surface area (TPSA) is 72.1 Å². The van der Waals surface area contributed by atoms with Crippen molar-refractivity contribution in [3.8, 4) is 0 Å². The summed E-state index contributed by atoms with van der Waals surface area (Å²) in [5.41, 5.74) is 5.53. The van der Waals surface area contributed by atoms with Crippen LogP contribution in [0.3, 0.4) is 0 Å². The number of fused-ring (bicyclic) bond motifs is 1. The lowest BCUT2D eigenvalue weighted by molar-refractivity contribution is -0.119. The van der Waals surface area contributed by atoms with Gasteiger partial charge in [-0.05, 0) is 0 Å². The van der Waals surface area contributed by atoms with Gasteiger partial charge in [0.2, 0.25) is 5.91 Å².